The van der Waals surface area contributed by atoms with Crippen molar-refractivity contribution in [2.75, 3.05) is 11.9 Å². The van der Waals surface area contributed by atoms with Gasteiger partial charge in [0.2, 0.25) is 5.92 Å². The number of benzene rings is 1. The summed E-state index contributed by atoms with van der Waals surface area (Å²) in [5.74, 6) is -2.75. The number of rotatable bonds is 3. The predicted molar refractivity (Wildman–Crippen MR) is 86.2 cm³/mol. The van der Waals surface area contributed by atoms with E-state index in [1.165, 1.54) is 0 Å². The van der Waals surface area contributed by atoms with Gasteiger partial charge in [-0.1, -0.05) is 11.6 Å². The normalized spacial score (nSPS) is 18.9. The number of nitrogens with two attached hydrogens (primary N) is 1. The zero-order valence-corrected chi connectivity index (χ0v) is 14.1. The first-order chi connectivity index (χ1) is 10.5. The number of ether oxygens (including phenoxy) is 1. The second-order valence-electron chi connectivity index (χ2n) is 7.01. The molecule has 1 aliphatic rings. The Morgan fingerprint density at radius 1 is 1.39 bits per heavy atom. The lowest BCUT2D eigenvalue weighted by Crippen LogP contribution is -2.54. The summed E-state index contributed by atoms with van der Waals surface area (Å²) < 4.78 is 32.0. The fourth-order valence-corrected chi connectivity index (χ4v) is 3.03. The van der Waals surface area contributed by atoms with E-state index >= 15 is 0 Å². The molecule has 0 aromatic heterocycles. The van der Waals surface area contributed by atoms with E-state index in [1.54, 1.807) is 39.0 Å². The maximum Gasteiger partial charge on any atom is 0.412 e. The molecule has 1 aromatic rings. The van der Waals surface area contributed by atoms with Gasteiger partial charge in [0.05, 0.1) is 0 Å². The SMILES string of the molecule is CC(C)(C)OC(=O)Nc1ccc(Cl)cc1C1(CN)CC(F)(F)C1. The molecule has 2 rings (SSSR count). The van der Waals surface area contributed by atoms with Gasteiger partial charge in [0.15, 0.2) is 0 Å². The van der Waals surface area contributed by atoms with Crippen LogP contribution in [0.25, 0.3) is 0 Å². The van der Waals surface area contributed by atoms with Gasteiger partial charge in [-0.2, -0.15) is 0 Å². The van der Waals surface area contributed by atoms with Gasteiger partial charge in [0, 0.05) is 35.5 Å². The molecule has 0 atom stereocenters. The number of carbonyl (C=O) groups excluding carboxylic acids is 1. The minimum atomic E-state index is -2.75. The lowest BCUT2D eigenvalue weighted by atomic mass is 9.61. The van der Waals surface area contributed by atoms with Crippen LogP contribution in [0.5, 0.6) is 0 Å². The van der Waals surface area contributed by atoms with Crippen LogP contribution in [-0.4, -0.2) is 24.2 Å². The Balaban J connectivity index is 2.30. The second kappa shape index (κ2) is 5.91. The monoisotopic (exact) mass is 346 g/mol. The van der Waals surface area contributed by atoms with Crippen molar-refractivity contribution in [1.82, 2.24) is 0 Å². The molecular formula is C16H21ClF2N2O2. The van der Waals surface area contributed by atoms with Crippen LogP contribution in [0.15, 0.2) is 18.2 Å². The van der Waals surface area contributed by atoms with Crippen LogP contribution in [-0.2, 0) is 10.2 Å². The summed E-state index contributed by atoms with van der Waals surface area (Å²) in [6, 6.07) is 4.74. The number of hydrogen-bond acceptors (Lipinski definition) is 3. The Morgan fingerprint density at radius 3 is 2.48 bits per heavy atom. The lowest BCUT2D eigenvalue weighted by molar-refractivity contribution is -0.123. The number of amides is 1. The van der Waals surface area contributed by atoms with Crippen LogP contribution in [0.4, 0.5) is 19.3 Å². The molecule has 1 fully saturated rings. The van der Waals surface area contributed by atoms with Crippen molar-refractivity contribution >= 4 is 23.4 Å². The van der Waals surface area contributed by atoms with Gasteiger partial charge in [-0.15, -0.1) is 0 Å². The third kappa shape index (κ3) is 4.12. The van der Waals surface area contributed by atoms with Gasteiger partial charge >= 0.3 is 6.09 Å². The van der Waals surface area contributed by atoms with Crippen molar-refractivity contribution in [3.63, 3.8) is 0 Å². The van der Waals surface area contributed by atoms with Crippen LogP contribution < -0.4 is 11.1 Å². The second-order valence-corrected chi connectivity index (χ2v) is 7.45. The predicted octanol–water partition coefficient (Wildman–Crippen LogP) is 4.31. The number of nitrogens with one attached hydrogen (secondary N) is 1. The van der Waals surface area contributed by atoms with Crippen molar-refractivity contribution in [1.29, 1.82) is 0 Å². The molecule has 0 heterocycles. The molecule has 0 unspecified atom stereocenters. The first kappa shape index (κ1) is 17.9. The van der Waals surface area contributed by atoms with Crippen molar-refractivity contribution < 1.29 is 18.3 Å². The first-order valence-corrected chi connectivity index (χ1v) is 7.72. The fourth-order valence-electron chi connectivity index (χ4n) is 2.86. The summed E-state index contributed by atoms with van der Waals surface area (Å²) in [5, 5.41) is 3.01. The zero-order chi connectivity index (χ0) is 17.5. The maximum absolute atomic E-state index is 13.4. The quantitative estimate of drug-likeness (QED) is 0.857. The Morgan fingerprint density at radius 2 is 2.00 bits per heavy atom. The van der Waals surface area contributed by atoms with Crippen LogP contribution in [0, 0.1) is 0 Å². The Hall–Kier alpha value is -1.40. The Kier molecular flexibility index (Phi) is 4.61. The average Bonchev–Trinajstić information content (AvgIpc) is 2.35. The van der Waals surface area contributed by atoms with E-state index in [0.29, 0.717) is 16.3 Å². The molecule has 0 bridgehead atoms. The molecule has 1 aliphatic carbocycles. The molecule has 0 radical (unpaired) electrons. The van der Waals surface area contributed by atoms with E-state index in [9.17, 15) is 13.6 Å². The van der Waals surface area contributed by atoms with E-state index in [-0.39, 0.29) is 19.4 Å². The van der Waals surface area contributed by atoms with E-state index in [1.807, 2.05) is 0 Å². The molecule has 7 heteroatoms. The van der Waals surface area contributed by atoms with Gasteiger partial charge in [0.1, 0.15) is 5.60 Å². The molecular weight excluding hydrogens is 326 g/mol. The highest BCUT2D eigenvalue weighted by Crippen LogP contribution is 2.54. The van der Waals surface area contributed by atoms with Gasteiger partial charge in [-0.3, -0.25) is 5.32 Å². The highest BCUT2D eigenvalue weighted by molar-refractivity contribution is 6.30. The summed E-state index contributed by atoms with van der Waals surface area (Å²) in [7, 11) is 0. The summed E-state index contributed by atoms with van der Waals surface area (Å²) >= 11 is 6.00. The standard InChI is InChI=1S/C16H21ClF2N2O2/c1-14(2,3)23-13(22)21-12-5-4-10(17)6-11(12)15(9-20)7-16(18,19)8-15/h4-6H,7-9,20H2,1-3H3,(H,21,22). The van der Waals surface area contributed by atoms with Crippen LogP contribution in [0.3, 0.4) is 0 Å². The van der Waals surface area contributed by atoms with E-state index in [2.05, 4.69) is 5.32 Å². The summed E-state index contributed by atoms with van der Waals surface area (Å²) in [5.41, 5.74) is 5.11. The summed E-state index contributed by atoms with van der Waals surface area (Å²) in [6.45, 7) is 5.27. The number of alkyl halides is 2. The maximum atomic E-state index is 13.4. The number of carbonyl (C=O) groups is 1. The Bertz CT molecular complexity index is 607. The highest BCUT2D eigenvalue weighted by atomic mass is 35.5. The highest BCUT2D eigenvalue weighted by Gasteiger charge is 2.57. The van der Waals surface area contributed by atoms with Crippen LogP contribution in [0.2, 0.25) is 5.02 Å². The smallest absolute Gasteiger partial charge is 0.412 e. The topological polar surface area (TPSA) is 64.3 Å². The van der Waals surface area contributed by atoms with E-state index < -0.39 is 23.0 Å². The minimum Gasteiger partial charge on any atom is -0.444 e. The third-order valence-electron chi connectivity index (χ3n) is 3.77. The minimum absolute atomic E-state index is 0.0476. The molecule has 0 aliphatic heterocycles. The molecule has 1 saturated carbocycles. The summed E-state index contributed by atoms with van der Waals surface area (Å²) in [4.78, 5) is 12.0. The lowest BCUT2D eigenvalue weighted by Gasteiger charge is -2.47. The molecule has 1 aromatic carbocycles. The van der Waals surface area contributed by atoms with Crippen molar-refractivity contribution in [2.45, 2.75) is 50.6 Å². The molecule has 4 nitrogen and oxygen atoms in total. The summed E-state index contributed by atoms with van der Waals surface area (Å²) in [6.07, 6.45) is -1.38. The van der Waals surface area contributed by atoms with Crippen molar-refractivity contribution in [3.05, 3.63) is 28.8 Å². The zero-order valence-electron chi connectivity index (χ0n) is 13.4. The molecule has 1 amide bonds. The fraction of sp³-hybridized carbons (Fsp3) is 0.562. The molecule has 3 N–H and O–H groups in total. The number of halogens is 3. The van der Waals surface area contributed by atoms with E-state index in [4.69, 9.17) is 22.1 Å². The van der Waals surface area contributed by atoms with E-state index in [0.717, 1.165) is 0 Å². The van der Waals surface area contributed by atoms with Crippen LogP contribution >= 0.6 is 11.6 Å². The third-order valence-corrected chi connectivity index (χ3v) is 4.01. The molecule has 128 valence electrons. The van der Waals surface area contributed by atoms with Crippen molar-refractivity contribution in [2.24, 2.45) is 5.73 Å². The molecule has 23 heavy (non-hydrogen) atoms. The molecule has 0 saturated heterocycles. The molecule has 0 spiro atoms. The van der Waals surface area contributed by atoms with Gasteiger partial charge < -0.3 is 10.5 Å². The van der Waals surface area contributed by atoms with Gasteiger partial charge in [-0.25, -0.2) is 13.6 Å². The first-order valence-electron chi connectivity index (χ1n) is 7.34. The number of anilines is 1. The van der Waals surface area contributed by atoms with Crippen LogP contribution in [0.1, 0.15) is 39.2 Å². The van der Waals surface area contributed by atoms with Gasteiger partial charge in [-0.05, 0) is 44.5 Å². The van der Waals surface area contributed by atoms with Gasteiger partial charge in [0.25, 0.3) is 0 Å². The van der Waals surface area contributed by atoms with Crippen molar-refractivity contribution in [3.8, 4) is 0 Å². The average molecular weight is 347 g/mol. The largest absolute Gasteiger partial charge is 0.444 e. The number of hydrogen-bond donors (Lipinski definition) is 2. The Labute approximate surface area is 139 Å².